The quantitative estimate of drug-likeness (QED) is 0.649. The van der Waals surface area contributed by atoms with Crippen LogP contribution in [0.25, 0.3) is 0 Å². The molecule has 0 aliphatic heterocycles. The van der Waals surface area contributed by atoms with Crippen LogP contribution in [0.1, 0.15) is 38.7 Å². The summed E-state index contributed by atoms with van der Waals surface area (Å²) in [7, 11) is 0. The maximum absolute atomic E-state index is 11.0. The van der Waals surface area contributed by atoms with Gasteiger partial charge in [0.1, 0.15) is 0 Å². The second-order valence-electron chi connectivity index (χ2n) is 5.95. The molecule has 1 atom stereocenters. The maximum atomic E-state index is 11.0. The molecule has 0 amide bonds. The number of nitro groups is 1. The summed E-state index contributed by atoms with van der Waals surface area (Å²) in [6.45, 7) is 6.24. The number of hydrogen-bond acceptors (Lipinski definition) is 3. The Balaban J connectivity index is 2.30. The zero-order chi connectivity index (χ0) is 14.2. The first kappa shape index (κ1) is 14.3. The largest absolute Gasteiger partial charge is 0.381 e. The molecule has 1 fully saturated rings. The number of nitro benzene ring substituents is 1. The highest BCUT2D eigenvalue weighted by molar-refractivity contribution is 9.10. The van der Waals surface area contributed by atoms with E-state index in [4.69, 9.17) is 0 Å². The third kappa shape index (κ3) is 2.91. The molecule has 0 heterocycles. The second-order valence-corrected chi connectivity index (χ2v) is 6.81. The van der Waals surface area contributed by atoms with Gasteiger partial charge in [0, 0.05) is 22.1 Å². The van der Waals surface area contributed by atoms with Crippen molar-refractivity contribution in [2.75, 3.05) is 5.32 Å². The van der Waals surface area contributed by atoms with Gasteiger partial charge in [0.25, 0.3) is 5.69 Å². The lowest BCUT2D eigenvalue weighted by atomic mass is 9.87. The number of hydrogen-bond donors (Lipinski definition) is 1. The molecule has 1 aromatic carbocycles. The van der Waals surface area contributed by atoms with Gasteiger partial charge in [-0.05, 0) is 47.2 Å². The van der Waals surface area contributed by atoms with Gasteiger partial charge in [-0.25, -0.2) is 0 Å². The highest BCUT2D eigenvalue weighted by atomic mass is 79.9. The van der Waals surface area contributed by atoms with Crippen LogP contribution in [-0.4, -0.2) is 11.0 Å². The molecule has 2 rings (SSSR count). The van der Waals surface area contributed by atoms with Gasteiger partial charge in [-0.1, -0.05) is 20.3 Å². The van der Waals surface area contributed by atoms with Crippen molar-refractivity contribution >= 4 is 27.3 Å². The Bertz CT molecular complexity index is 514. The molecular formula is C14H19BrN2O2. The van der Waals surface area contributed by atoms with Crippen LogP contribution in [0.2, 0.25) is 0 Å². The molecule has 5 heteroatoms. The zero-order valence-corrected chi connectivity index (χ0v) is 13.1. The van der Waals surface area contributed by atoms with Crippen molar-refractivity contribution in [1.29, 1.82) is 0 Å². The third-order valence-corrected chi connectivity index (χ3v) is 4.73. The molecule has 1 saturated carbocycles. The molecule has 1 N–H and O–H groups in total. The Morgan fingerprint density at radius 3 is 2.68 bits per heavy atom. The van der Waals surface area contributed by atoms with Crippen molar-refractivity contribution in [3.05, 3.63) is 32.3 Å². The molecular weight excluding hydrogens is 308 g/mol. The van der Waals surface area contributed by atoms with E-state index in [0.29, 0.717) is 11.6 Å². The summed E-state index contributed by atoms with van der Waals surface area (Å²) in [6.07, 6.45) is 3.51. The van der Waals surface area contributed by atoms with E-state index in [-0.39, 0.29) is 16.0 Å². The Morgan fingerprint density at radius 2 is 2.16 bits per heavy atom. The third-order valence-electron chi connectivity index (χ3n) is 4.07. The first-order valence-electron chi connectivity index (χ1n) is 6.52. The predicted molar refractivity (Wildman–Crippen MR) is 80.6 cm³/mol. The minimum absolute atomic E-state index is 0.168. The molecule has 0 aromatic heterocycles. The Labute approximate surface area is 121 Å². The molecule has 4 nitrogen and oxygen atoms in total. The van der Waals surface area contributed by atoms with E-state index in [1.165, 1.54) is 12.8 Å². The normalized spacial score (nSPS) is 21.4. The number of anilines is 1. The molecule has 1 aromatic rings. The van der Waals surface area contributed by atoms with Crippen LogP contribution < -0.4 is 5.32 Å². The number of aryl methyl sites for hydroxylation is 1. The van der Waals surface area contributed by atoms with E-state index in [0.717, 1.165) is 16.6 Å². The van der Waals surface area contributed by atoms with E-state index in [2.05, 4.69) is 35.1 Å². The van der Waals surface area contributed by atoms with Crippen molar-refractivity contribution < 1.29 is 4.92 Å². The van der Waals surface area contributed by atoms with Crippen molar-refractivity contribution in [3.63, 3.8) is 0 Å². The van der Waals surface area contributed by atoms with Gasteiger partial charge in [0.15, 0.2) is 0 Å². The van der Waals surface area contributed by atoms with Crippen LogP contribution in [-0.2, 0) is 0 Å². The maximum Gasteiger partial charge on any atom is 0.274 e. The fraction of sp³-hybridized carbons (Fsp3) is 0.571. The molecule has 0 spiro atoms. The standard InChI is InChI=1S/C14H19BrN2O2/c1-9-7-10(15)11(8-12(9)17(18)19)16-13-5-4-6-14(13,2)3/h7-8,13,16H,4-6H2,1-3H3. The van der Waals surface area contributed by atoms with E-state index in [1.54, 1.807) is 13.0 Å². The number of halogens is 1. The summed E-state index contributed by atoms with van der Waals surface area (Å²) in [5.41, 5.74) is 1.89. The van der Waals surface area contributed by atoms with E-state index in [1.807, 2.05) is 6.07 Å². The van der Waals surface area contributed by atoms with E-state index >= 15 is 0 Å². The monoisotopic (exact) mass is 326 g/mol. The van der Waals surface area contributed by atoms with Crippen LogP contribution in [0.4, 0.5) is 11.4 Å². The predicted octanol–water partition coefficient (Wildman–Crippen LogP) is 4.66. The second kappa shape index (κ2) is 5.12. The van der Waals surface area contributed by atoms with Crippen LogP contribution >= 0.6 is 15.9 Å². The number of nitrogens with one attached hydrogen (secondary N) is 1. The molecule has 0 radical (unpaired) electrons. The molecule has 1 unspecified atom stereocenters. The SMILES string of the molecule is Cc1cc(Br)c(NC2CCCC2(C)C)cc1[N+](=O)[O-]. The van der Waals surface area contributed by atoms with Crippen LogP contribution in [0.3, 0.4) is 0 Å². The number of benzene rings is 1. The van der Waals surface area contributed by atoms with Crippen molar-refractivity contribution in [2.45, 2.75) is 46.1 Å². The van der Waals surface area contributed by atoms with Gasteiger partial charge >= 0.3 is 0 Å². The van der Waals surface area contributed by atoms with Crippen molar-refractivity contribution in [3.8, 4) is 0 Å². The molecule has 1 aliphatic carbocycles. The lowest BCUT2D eigenvalue weighted by molar-refractivity contribution is -0.385. The lowest BCUT2D eigenvalue weighted by Gasteiger charge is -2.29. The topological polar surface area (TPSA) is 55.2 Å². The number of nitrogens with zero attached hydrogens (tertiary/aromatic N) is 1. The van der Waals surface area contributed by atoms with Gasteiger partial charge < -0.3 is 5.32 Å². The summed E-state index contributed by atoms with van der Waals surface area (Å²) in [4.78, 5) is 10.7. The first-order valence-corrected chi connectivity index (χ1v) is 7.31. The van der Waals surface area contributed by atoms with Gasteiger partial charge in [-0.3, -0.25) is 10.1 Å². The summed E-state index contributed by atoms with van der Waals surface area (Å²) in [5.74, 6) is 0. The zero-order valence-electron chi connectivity index (χ0n) is 11.5. The summed E-state index contributed by atoms with van der Waals surface area (Å²) >= 11 is 3.49. The van der Waals surface area contributed by atoms with Gasteiger partial charge in [-0.2, -0.15) is 0 Å². The summed E-state index contributed by atoms with van der Waals surface area (Å²) in [6, 6.07) is 3.81. The minimum Gasteiger partial charge on any atom is -0.381 e. The minimum atomic E-state index is -0.327. The molecule has 1 aliphatic rings. The molecule has 0 bridgehead atoms. The van der Waals surface area contributed by atoms with Crippen LogP contribution in [0.5, 0.6) is 0 Å². The molecule has 104 valence electrons. The van der Waals surface area contributed by atoms with Crippen LogP contribution in [0.15, 0.2) is 16.6 Å². The summed E-state index contributed by atoms with van der Waals surface area (Å²) < 4.78 is 0.887. The van der Waals surface area contributed by atoms with Gasteiger partial charge in [-0.15, -0.1) is 0 Å². The van der Waals surface area contributed by atoms with Crippen molar-refractivity contribution in [1.82, 2.24) is 0 Å². The number of rotatable bonds is 3. The first-order chi connectivity index (χ1) is 8.81. The van der Waals surface area contributed by atoms with E-state index < -0.39 is 0 Å². The fourth-order valence-electron chi connectivity index (χ4n) is 2.75. The summed E-state index contributed by atoms with van der Waals surface area (Å²) in [5, 5.41) is 14.5. The smallest absolute Gasteiger partial charge is 0.274 e. The van der Waals surface area contributed by atoms with E-state index in [9.17, 15) is 10.1 Å². The lowest BCUT2D eigenvalue weighted by Crippen LogP contribution is -2.30. The Kier molecular flexibility index (Phi) is 3.85. The van der Waals surface area contributed by atoms with Crippen molar-refractivity contribution in [2.24, 2.45) is 5.41 Å². The molecule has 19 heavy (non-hydrogen) atoms. The highest BCUT2D eigenvalue weighted by Gasteiger charge is 2.34. The van der Waals surface area contributed by atoms with Gasteiger partial charge in [0.2, 0.25) is 0 Å². The average molecular weight is 327 g/mol. The van der Waals surface area contributed by atoms with Gasteiger partial charge in [0.05, 0.1) is 10.6 Å². The Morgan fingerprint density at radius 1 is 1.47 bits per heavy atom. The Hall–Kier alpha value is -1.10. The molecule has 0 saturated heterocycles. The average Bonchev–Trinajstić information content (AvgIpc) is 2.61. The van der Waals surface area contributed by atoms with Crippen LogP contribution in [0, 0.1) is 22.5 Å². The highest BCUT2D eigenvalue weighted by Crippen LogP contribution is 2.41. The fourth-order valence-corrected chi connectivity index (χ4v) is 3.32.